The number of amides is 1. The summed E-state index contributed by atoms with van der Waals surface area (Å²) >= 11 is 1.23. The molecule has 1 aliphatic heterocycles. The van der Waals surface area contributed by atoms with E-state index in [9.17, 15) is 9.59 Å². The van der Waals surface area contributed by atoms with E-state index in [0.717, 1.165) is 28.9 Å². The average Bonchev–Trinajstić information content (AvgIpc) is 3.39. The Morgan fingerprint density at radius 1 is 1.13 bits per heavy atom. The lowest BCUT2D eigenvalue weighted by Gasteiger charge is -2.16. The number of anilines is 1. The van der Waals surface area contributed by atoms with Crippen molar-refractivity contribution in [1.82, 2.24) is 19.7 Å². The number of carbonyl (C=O) groups excluding carboxylic acids is 1. The largest absolute Gasteiger partial charge is 0.311 e. The molecule has 156 valence electrons. The molecule has 5 rings (SSSR count). The molecule has 3 heterocycles. The molecule has 0 fully saturated rings. The smallest absolute Gasteiger partial charge is 0.262 e. The van der Waals surface area contributed by atoms with Crippen LogP contribution in [0.4, 0.5) is 5.69 Å². The molecule has 1 N–H and O–H groups in total. The SMILES string of the molecule is Cc1cccc(-n2ncc3c(=O)[nH]c(SCC(=O)N4CCc5ccccc54)nc32)c1C. The number of nitrogens with zero attached hydrogens (tertiary/aromatic N) is 4. The number of rotatable bonds is 4. The first kappa shape index (κ1) is 19.6. The Bertz CT molecular complexity index is 1370. The molecule has 1 amide bonds. The zero-order chi connectivity index (χ0) is 21.5. The van der Waals surface area contributed by atoms with Gasteiger partial charge in [0.15, 0.2) is 10.8 Å². The fraction of sp³-hybridized carbons (Fsp3) is 0.217. The topological polar surface area (TPSA) is 83.9 Å². The third-order valence-electron chi connectivity index (χ3n) is 5.74. The molecule has 7 nitrogen and oxygen atoms in total. The molecule has 1 aliphatic rings. The van der Waals surface area contributed by atoms with Crippen LogP contribution < -0.4 is 10.5 Å². The van der Waals surface area contributed by atoms with Gasteiger partial charge < -0.3 is 9.88 Å². The van der Waals surface area contributed by atoms with E-state index in [2.05, 4.69) is 21.1 Å². The van der Waals surface area contributed by atoms with Crippen LogP contribution >= 0.6 is 11.8 Å². The number of para-hydroxylation sites is 1. The average molecular weight is 432 g/mol. The van der Waals surface area contributed by atoms with Crippen LogP contribution in [0, 0.1) is 13.8 Å². The summed E-state index contributed by atoms with van der Waals surface area (Å²) in [6, 6.07) is 13.9. The van der Waals surface area contributed by atoms with Crippen molar-refractivity contribution in [2.45, 2.75) is 25.4 Å². The maximum atomic E-state index is 12.8. The Kier molecular flexibility index (Phi) is 4.86. The van der Waals surface area contributed by atoms with E-state index >= 15 is 0 Å². The van der Waals surface area contributed by atoms with Gasteiger partial charge in [0.05, 0.1) is 17.6 Å². The van der Waals surface area contributed by atoms with Gasteiger partial charge in [0, 0.05) is 12.2 Å². The van der Waals surface area contributed by atoms with Gasteiger partial charge in [-0.1, -0.05) is 42.1 Å². The Morgan fingerprint density at radius 2 is 1.94 bits per heavy atom. The number of fused-ring (bicyclic) bond motifs is 2. The number of nitrogens with one attached hydrogen (secondary N) is 1. The van der Waals surface area contributed by atoms with Crippen LogP contribution in [0.25, 0.3) is 16.7 Å². The van der Waals surface area contributed by atoms with Crippen molar-refractivity contribution in [3.63, 3.8) is 0 Å². The minimum atomic E-state index is -0.261. The first-order valence-electron chi connectivity index (χ1n) is 10.1. The van der Waals surface area contributed by atoms with Crippen molar-refractivity contribution in [3.8, 4) is 5.69 Å². The molecule has 4 aromatic rings. The summed E-state index contributed by atoms with van der Waals surface area (Å²) in [6.07, 6.45) is 2.40. The first-order chi connectivity index (χ1) is 15.0. The summed E-state index contributed by atoms with van der Waals surface area (Å²) in [6.45, 7) is 4.74. The number of H-pyrrole nitrogens is 1. The zero-order valence-electron chi connectivity index (χ0n) is 17.3. The number of aryl methyl sites for hydroxylation is 1. The zero-order valence-corrected chi connectivity index (χ0v) is 18.1. The normalized spacial score (nSPS) is 13.0. The van der Waals surface area contributed by atoms with Gasteiger partial charge in [0.1, 0.15) is 5.39 Å². The maximum absolute atomic E-state index is 12.8. The number of hydrogen-bond acceptors (Lipinski definition) is 5. The van der Waals surface area contributed by atoms with Crippen molar-refractivity contribution >= 4 is 34.4 Å². The van der Waals surface area contributed by atoms with Gasteiger partial charge in [-0.25, -0.2) is 9.67 Å². The van der Waals surface area contributed by atoms with Crippen molar-refractivity contribution < 1.29 is 4.79 Å². The monoisotopic (exact) mass is 431 g/mol. The van der Waals surface area contributed by atoms with E-state index in [1.165, 1.54) is 23.5 Å². The summed E-state index contributed by atoms with van der Waals surface area (Å²) in [4.78, 5) is 34.6. The molecule has 0 saturated carbocycles. The Labute approximate surface area is 183 Å². The minimum Gasteiger partial charge on any atom is -0.311 e. The molecule has 0 spiro atoms. The van der Waals surface area contributed by atoms with Gasteiger partial charge in [0.25, 0.3) is 5.56 Å². The lowest BCUT2D eigenvalue weighted by molar-refractivity contribution is -0.116. The van der Waals surface area contributed by atoms with E-state index in [4.69, 9.17) is 0 Å². The molecule has 0 saturated heterocycles. The highest BCUT2D eigenvalue weighted by Crippen LogP contribution is 2.28. The molecular weight excluding hydrogens is 410 g/mol. The molecule has 2 aromatic heterocycles. The van der Waals surface area contributed by atoms with Crippen molar-refractivity contribution in [2.24, 2.45) is 0 Å². The number of benzene rings is 2. The molecule has 0 atom stereocenters. The van der Waals surface area contributed by atoms with Crippen LogP contribution in [0.5, 0.6) is 0 Å². The van der Waals surface area contributed by atoms with Gasteiger partial charge in [-0.3, -0.25) is 9.59 Å². The fourth-order valence-corrected chi connectivity index (χ4v) is 4.65. The second kappa shape index (κ2) is 7.70. The van der Waals surface area contributed by atoms with Gasteiger partial charge in [-0.2, -0.15) is 5.10 Å². The maximum Gasteiger partial charge on any atom is 0.262 e. The molecule has 0 unspecified atom stereocenters. The minimum absolute atomic E-state index is 0.000678. The molecule has 2 aromatic carbocycles. The Morgan fingerprint density at radius 3 is 2.81 bits per heavy atom. The summed E-state index contributed by atoms with van der Waals surface area (Å²) in [5.74, 6) is 0.196. The Hall–Kier alpha value is -3.39. The second-order valence-corrected chi connectivity index (χ2v) is 8.56. The number of thioether (sulfide) groups is 1. The third kappa shape index (κ3) is 3.42. The van der Waals surface area contributed by atoms with Crippen LogP contribution in [0.1, 0.15) is 16.7 Å². The quantitative estimate of drug-likeness (QED) is 0.395. The van der Waals surface area contributed by atoms with Gasteiger partial charge >= 0.3 is 0 Å². The van der Waals surface area contributed by atoms with E-state index in [1.54, 1.807) is 9.58 Å². The summed E-state index contributed by atoms with van der Waals surface area (Å²) < 4.78 is 1.69. The highest BCUT2D eigenvalue weighted by atomic mass is 32.2. The second-order valence-electron chi connectivity index (χ2n) is 7.60. The number of aromatic nitrogens is 4. The van der Waals surface area contributed by atoms with Crippen molar-refractivity contribution in [1.29, 1.82) is 0 Å². The predicted molar refractivity (Wildman–Crippen MR) is 122 cm³/mol. The number of aromatic amines is 1. The first-order valence-corrected chi connectivity index (χ1v) is 11.1. The van der Waals surface area contributed by atoms with Gasteiger partial charge in [-0.05, 0) is 49.1 Å². The van der Waals surface area contributed by atoms with E-state index in [0.29, 0.717) is 22.7 Å². The van der Waals surface area contributed by atoms with E-state index in [-0.39, 0.29) is 17.2 Å². The third-order valence-corrected chi connectivity index (χ3v) is 6.60. The molecule has 0 radical (unpaired) electrons. The van der Waals surface area contributed by atoms with Crippen LogP contribution in [-0.2, 0) is 11.2 Å². The fourth-order valence-electron chi connectivity index (χ4n) is 3.91. The summed E-state index contributed by atoms with van der Waals surface area (Å²) in [5.41, 5.74) is 5.48. The molecular formula is C23H21N5O2S. The molecule has 0 aliphatic carbocycles. The lowest BCUT2D eigenvalue weighted by Crippen LogP contribution is -2.30. The highest BCUT2D eigenvalue weighted by molar-refractivity contribution is 7.99. The lowest BCUT2D eigenvalue weighted by atomic mass is 10.1. The van der Waals surface area contributed by atoms with Crippen LogP contribution in [0.15, 0.2) is 58.6 Å². The molecule has 8 heteroatoms. The Balaban J connectivity index is 1.43. The number of carbonyl (C=O) groups is 1. The van der Waals surface area contributed by atoms with Crippen LogP contribution in [0.2, 0.25) is 0 Å². The summed E-state index contributed by atoms with van der Waals surface area (Å²) in [5, 5.41) is 5.23. The van der Waals surface area contributed by atoms with Crippen LogP contribution in [0.3, 0.4) is 0 Å². The van der Waals surface area contributed by atoms with Crippen molar-refractivity contribution in [3.05, 3.63) is 75.7 Å². The van der Waals surface area contributed by atoms with Crippen LogP contribution in [-0.4, -0.2) is 38.0 Å². The number of hydrogen-bond donors (Lipinski definition) is 1. The molecule has 31 heavy (non-hydrogen) atoms. The van der Waals surface area contributed by atoms with E-state index < -0.39 is 0 Å². The van der Waals surface area contributed by atoms with Gasteiger partial charge in [0.2, 0.25) is 5.91 Å². The summed E-state index contributed by atoms with van der Waals surface area (Å²) in [7, 11) is 0. The molecule has 0 bridgehead atoms. The predicted octanol–water partition coefficient (Wildman–Crippen LogP) is 3.41. The highest BCUT2D eigenvalue weighted by Gasteiger charge is 2.24. The van der Waals surface area contributed by atoms with Gasteiger partial charge in [-0.15, -0.1) is 0 Å². The van der Waals surface area contributed by atoms with Crippen molar-refractivity contribution in [2.75, 3.05) is 17.2 Å². The van der Waals surface area contributed by atoms with E-state index in [1.807, 2.05) is 50.2 Å². The standard InChI is InChI=1S/C23H21N5O2S/c1-14-6-5-9-18(15(14)2)28-21-17(12-24-28)22(30)26-23(25-21)31-13-20(29)27-11-10-16-7-3-4-8-19(16)27/h3-9,12H,10-11,13H2,1-2H3,(H,25,26,30).